The van der Waals surface area contributed by atoms with Gasteiger partial charge in [-0.15, -0.1) is 0 Å². The van der Waals surface area contributed by atoms with Crippen LogP contribution in [0.4, 0.5) is 4.79 Å². The zero-order valence-electron chi connectivity index (χ0n) is 17.0. The number of carboxylic acid groups (broad SMARTS) is 1. The molecular weight excluding hydrogens is 362 g/mol. The summed E-state index contributed by atoms with van der Waals surface area (Å²) in [6.07, 6.45) is 3.58. The first-order valence-corrected chi connectivity index (χ1v) is 10.4. The number of piperazine rings is 1. The van der Waals surface area contributed by atoms with Crippen molar-refractivity contribution in [2.75, 3.05) is 52.9 Å². The van der Waals surface area contributed by atoms with Crippen LogP contribution >= 0.6 is 0 Å². The van der Waals surface area contributed by atoms with Gasteiger partial charge in [-0.05, 0) is 45.8 Å². The lowest BCUT2D eigenvalue weighted by Crippen LogP contribution is -2.60. The van der Waals surface area contributed by atoms with Gasteiger partial charge in [-0.3, -0.25) is 19.4 Å². The third-order valence-corrected chi connectivity index (χ3v) is 6.39. The van der Waals surface area contributed by atoms with Crippen LogP contribution in [0, 0.1) is 0 Å². The molecule has 1 aliphatic carbocycles. The lowest BCUT2D eigenvalue weighted by molar-refractivity contribution is -0.139. The van der Waals surface area contributed by atoms with Crippen molar-refractivity contribution in [3.63, 3.8) is 0 Å². The normalized spacial score (nSPS) is 28.3. The van der Waals surface area contributed by atoms with Crippen LogP contribution in [0.5, 0.6) is 0 Å². The van der Waals surface area contributed by atoms with Gasteiger partial charge in [-0.1, -0.05) is 6.92 Å². The molecular formula is C19H33N5O4. The van der Waals surface area contributed by atoms with Gasteiger partial charge in [0, 0.05) is 38.3 Å². The van der Waals surface area contributed by atoms with Crippen LogP contribution in [0.3, 0.4) is 0 Å². The fourth-order valence-electron chi connectivity index (χ4n) is 4.51. The minimum atomic E-state index is -0.814. The number of likely N-dealkylation sites (N-methyl/N-ethyl adjacent to an activating group) is 2. The summed E-state index contributed by atoms with van der Waals surface area (Å²) in [6.45, 7) is 5.98. The van der Waals surface area contributed by atoms with Crippen molar-refractivity contribution in [3.8, 4) is 0 Å². The van der Waals surface area contributed by atoms with Gasteiger partial charge in [-0.2, -0.15) is 0 Å². The lowest BCUT2D eigenvalue weighted by Gasteiger charge is -2.43. The van der Waals surface area contributed by atoms with Crippen LogP contribution in [0.15, 0.2) is 0 Å². The van der Waals surface area contributed by atoms with Crippen molar-refractivity contribution in [3.05, 3.63) is 0 Å². The van der Waals surface area contributed by atoms with Crippen molar-refractivity contribution < 1.29 is 19.5 Å². The summed E-state index contributed by atoms with van der Waals surface area (Å²) in [6, 6.07) is 0.255. The minimum absolute atomic E-state index is 0.000370. The number of nitrogens with zero attached hydrogens (tertiary/aromatic N) is 4. The van der Waals surface area contributed by atoms with E-state index in [-0.39, 0.29) is 36.6 Å². The second-order valence-corrected chi connectivity index (χ2v) is 8.18. The number of urea groups is 1. The van der Waals surface area contributed by atoms with Crippen molar-refractivity contribution in [2.24, 2.45) is 0 Å². The highest BCUT2D eigenvalue weighted by atomic mass is 16.4. The van der Waals surface area contributed by atoms with Crippen molar-refractivity contribution in [1.82, 2.24) is 24.9 Å². The van der Waals surface area contributed by atoms with Gasteiger partial charge in [0.25, 0.3) is 0 Å². The predicted octanol–water partition coefficient (Wildman–Crippen LogP) is -0.128. The molecule has 2 aliphatic heterocycles. The highest BCUT2D eigenvalue weighted by molar-refractivity contribution is 5.82. The van der Waals surface area contributed by atoms with Gasteiger partial charge in [0.05, 0.1) is 12.6 Å². The van der Waals surface area contributed by atoms with Crippen LogP contribution in [0.25, 0.3) is 0 Å². The van der Waals surface area contributed by atoms with Gasteiger partial charge in [0.2, 0.25) is 5.91 Å². The average Bonchev–Trinajstić information content (AvgIpc) is 3.07. The van der Waals surface area contributed by atoms with E-state index in [1.807, 2.05) is 23.8 Å². The van der Waals surface area contributed by atoms with Crippen molar-refractivity contribution in [1.29, 1.82) is 0 Å². The molecule has 0 aromatic carbocycles. The topological polar surface area (TPSA) is 96.4 Å². The zero-order valence-corrected chi connectivity index (χ0v) is 17.0. The molecule has 0 bridgehead atoms. The molecule has 0 radical (unpaired) electrons. The molecule has 0 spiro atoms. The van der Waals surface area contributed by atoms with E-state index in [0.29, 0.717) is 32.7 Å². The number of carbonyl (C=O) groups is 3. The van der Waals surface area contributed by atoms with Gasteiger partial charge < -0.3 is 20.2 Å². The molecule has 3 rings (SSSR count). The fraction of sp³-hybridized carbons (Fsp3) is 0.842. The highest BCUT2D eigenvalue weighted by Gasteiger charge is 2.37. The molecule has 0 aromatic rings. The van der Waals surface area contributed by atoms with E-state index in [4.69, 9.17) is 5.11 Å². The van der Waals surface area contributed by atoms with Crippen LogP contribution < -0.4 is 5.32 Å². The van der Waals surface area contributed by atoms with Crippen LogP contribution in [-0.2, 0) is 9.59 Å². The number of likely N-dealkylation sites (tertiary alicyclic amines) is 1. The molecule has 9 nitrogen and oxygen atoms in total. The van der Waals surface area contributed by atoms with E-state index in [9.17, 15) is 14.4 Å². The number of hydrogen-bond acceptors (Lipinski definition) is 5. The molecule has 1 atom stereocenters. The molecule has 2 saturated heterocycles. The van der Waals surface area contributed by atoms with E-state index in [0.717, 1.165) is 32.2 Å². The molecule has 3 fully saturated rings. The molecule has 3 amide bonds. The maximum absolute atomic E-state index is 12.6. The molecule has 2 N–H and O–H groups in total. The van der Waals surface area contributed by atoms with E-state index in [2.05, 4.69) is 10.2 Å². The quantitative estimate of drug-likeness (QED) is 0.651. The number of carboxylic acids is 1. The van der Waals surface area contributed by atoms with Gasteiger partial charge in [-0.25, -0.2) is 4.79 Å². The minimum Gasteiger partial charge on any atom is -0.480 e. The monoisotopic (exact) mass is 395 g/mol. The predicted molar refractivity (Wildman–Crippen MR) is 104 cm³/mol. The first-order valence-electron chi connectivity index (χ1n) is 10.4. The molecule has 158 valence electrons. The van der Waals surface area contributed by atoms with Gasteiger partial charge >= 0.3 is 12.0 Å². The first kappa shape index (κ1) is 20.9. The van der Waals surface area contributed by atoms with Crippen LogP contribution in [0.2, 0.25) is 0 Å². The third kappa shape index (κ3) is 4.75. The second-order valence-electron chi connectivity index (χ2n) is 8.18. The molecule has 0 aromatic heterocycles. The molecule has 3 aliphatic rings. The Labute approximate surface area is 166 Å². The zero-order chi connectivity index (χ0) is 20.3. The van der Waals surface area contributed by atoms with E-state index in [1.165, 1.54) is 0 Å². The number of hydrogen-bond donors (Lipinski definition) is 2. The summed E-state index contributed by atoms with van der Waals surface area (Å²) in [5.41, 5.74) is 0. The number of aliphatic carboxylic acids is 1. The number of carbonyl (C=O) groups excluding carboxylic acids is 2. The molecule has 28 heavy (non-hydrogen) atoms. The third-order valence-electron chi connectivity index (χ3n) is 6.39. The first-order chi connectivity index (χ1) is 13.4. The SMILES string of the molecule is CCN(CC(=O)O)C1CC(NC(=O)N2CCN(C(=O)C3CCCN3C)CC2)C1. The van der Waals surface area contributed by atoms with Gasteiger partial charge in [0.1, 0.15) is 0 Å². The van der Waals surface area contributed by atoms with E-state index < -0.39 is 5.97 Å². The average molecular weight is 396 g/mol. The second kappa shape index (κ2) is 9.09. The number of amides is 3. The summed E-state index contributed by atoms with van der Waals surface area (Å²) in [4.78, 5) is 43.8. The standard InChI is InChI=1S/C19H33N5O4/c1-3-22(13-17(25)26)15-11-14(12-15)20-19(28)24-9-7-23(8-10-24)18(27)16-5-4-6-21(16)2/h14-16H,3-13H2,1-2H3,(H,20,28)(H,25,26). The Morgan fingerprint density at radius 1 is 1.07 bits per heavy atom. The van der Waals surface area contributed by atoms with Gasteiger partial charge in [0.15, 0.2) is 0 Å². The Morgan fingerprint density at radius 3 is 2.25 bits per heavy atom. The largest absolute Gasteiger partial charge is 0.480 e. The Kier molecular flexibility index (Phi) is 6.77. The van der Waals surface area contributed by atoms with E-state index in [1.54, 1.807) is 4.90 Å². The Balaban J connectivity index is 1.38. The molecule has 2 heterocycles. The fourth-order valence-corrected chi connectivity index (χ4v) is 4.51. The Bertz CT molecular complexity index is 587. The van der Waals surface area contributed by atoms with E-state index >= 15 is 0 Å². The molecule has 9 heteroatoms. The van der Waals surface area contributed by atoms with Crippen LogP contribution in [-0.4, -0.2) is 114 Å². The van der Waals surface area contributed by atoms with Crippen molar-refractivity contribution in [2.45, 2.75) is 50.7 Å². The summed E-state index contributed by atoms with van der Waals surface area (Å²) >= 11 is 0. The summed E-state index contributed by atoms with van der Waals surface area (Å²) in [5, 5.41) is 12.0. The molecule has 1 saturated carbocycles. The summed E-state index contributed by atoms with van der Waals surface area (Å²) in [5.74, 6) is -0.620. The number of rotatable bonds is 6. The summed E-state index contributed by atoms with van der Waals surface area (Å²) in [7, 11) is 2.00. The van der Waals surface area contributed by atoms with Crippen LogP contribution in [0.1, 0.15) is 32.6 Å². The Hall–Kier alpha value is -1.87. The Morgan fingerprint density at radius 2 is 1.71 bits per heavy atom. The highest BCUT2D eigenvalue weighted by Crippen LogP contribution is 2.26. The number of nitrogens with one attached hydrogen (secondary N) is 1. The summed E-state index contributed by atoms with van der Waals surface area (Å²) < 4.78 is 0. The smallest absolute Gasteiger partial charge is 0.317 e. The maximum Gasteiger partial charge on any atom is 0.317 e. The lowest BCUT2D eigenvalue weighted by atomic mass is 9.85. The molecule has 1 unspecified atom stereocenters. The maximum atomic E-state index is 12.6. The van der Waals surface area contributed by atoms with Crippen molar-refractivity contribution >= 4 is 17.9 Å².